The molecule has 0 bridgehead atoms. The summed E-state index contributed by atoms with van der Waals surface area (Å²) in [5.41, 5.74) is 0.622. The Labute approximate surface area is 179 Å². The molecule has 2 aliphatic heterocycles. The van der Waals surface area contributed by atoms with Crippen molar-refractivity contribution in [1.29, 1.82) is 0 Å². The summed E-state index contributed by atoms with van der Waals surface area (Å²) in [5.74, 6) is 1.35. The van der Waals surface area contributed by atoms with Gasteiger partial charge in [0.25, 0.3) is 5.91 Å². The molecule has 3 rings (SSSR count). The lowest BCUT2D eigenvalue weighted by molar-refractivity contribution is -0.130. The molecule has 7 heteroatoms. The number of piperidine rings is 2. The summed E-state index contributed by atoms with van der Waals surface area (Å²) < 4.78 is 16.9. The molecule has 2 fully saturated rings. The van der Waals surface area contributed by atoms with Gasteiger partial charge in [0.1, 0.15) is 6.10 Å². The van der Waals surface area contributed by atoms with E-state index in [4.69, 9.17) is 14.2 Å². The van der Waals surface area contributed by atoms with E-state index in [9.17, 15) is 9.59 Å². The van der Waals surface area contributed by atoms with Gasteiger partial charge in [-0.1, -0.05) is 0 Å². The molecular formula is C23H34N2O5. The van der Waals surface area contributed by atoms with E-state index in [0.717, 1.165) is 45.1 Å². The van der Waals surface area contributed by atoms with Crippen LogP contribution < -0.4 is 9.47 Å². The van der Waals surface area contributed by atoms with Crippen molar-refractivity contribution in [1.82, 2.24) is 9.80 Å². The van der Waals surface area contributed by atoms with Gasteiger partial charge in [0.15, 0.2) is 11.5 Å². The molecule has 1 aromatic rings. The summed E-state index contributed by atoms with van der Waals surface area (Å²) in [6, 6.07) is 5.64. The van der Waals surface area contributed by atoms with Crippen LogP contribution in [0.4, 0.5) is 0 Å². The zero-order valence-electron chi connectivity index (χ0n) is 18.4. The molecule has 1 atom stereocenters. The number of carbonyl (C=O) groups excluding carboxylic acids is 2. The van der Waals surface area contributed by atoms with Crippen LogP contribution in [0.2, 0.25) is 0 Å². The number of likely N-dealkylation sites (tertiary alicyclic amines) is 2. The SMILES string of the molecule is COCCC1CCCCN1C(=O)c1ccc(OC)c(OC2CCN(C(C)=O)CC2)c1. The molecule has 2 heterocycles. The lowest BCUT2D eigenvalue weighted by atomic mass is 9.98. The number of hydrogen-bond acceptors (Lipinski definition) is 5. The minimum atomic E-state index is 0.00397. The normalized spacial score (nSPS) is 20.2. The van der Waals surface area contributed by atoms with Crippen LogP contribution in [0.25, 0.3) is 0 Å². The highest BCUT2D eigenvalue weighted by Gasteiger charge is 2.28. The van der Waals surface area contributed by atoms with Crippen LogP contribution >= 0.6 is 0 Å². The van der Waals surface area contributed by atoms with Crippen LogP contribution in [-0.2, 0) is 9.53 Å². The van der Waals surface area contributed by atoms with E-state index in [1.807, 2.05) is 15.9 Å². The summed E-state index contributed by atoms with van der Waals surface area (Å²) in [4.78, 5) is 28.6. The van der Waals surface area contributed by atoms with Crippen molar-refractivity contribution >= 4 is 11.8 Å². The van der Waals surface area contributed by atoms with Gasteiger partial charge in [-0.3, -0.25) is 9.59 Å². The first-order valence-electron chi connectivity index (χ1n) is 10.9. The lowest BCUT2D eigenvalue weighted by Gasteiger charge is -2.36. The molecule has 0 N–H and O–H groups in total. The van der Waals surface area contributed by atoms with Crippen LogP contribution in [0.3, 0.4) is 0 Å². The Morgan fingerprint density at radius 3 is 2.47 bits per heavy atom. The highest BCUT2D eigenvalue weighted by Crippen LogP contribution is 2.32. The fourth-order valence-electron chi connectivity index (χ4n) is 4.36. The molecule has 0 aromatic heterocycles. The molecule has 2 amide bonds. The van der Waals surface area contributed by atoms with Gasteiger partial charge >= 0.3 is 0 Å². The van der Waals surface area contributed by atoms with E-state index in [1.54, 1.807) is 33.3 Å². The van der Waals surface area contributed by atoms with E-state index < -0.39 is 0 Å². The topological polar surface area (TPSA) is 68.3 Å². The van der Waals surface area contributed by atoms with Gasteiger partial charge in [-0.25, -0.2) is 0 Å². The summed E-state index contributed by atoms with van der Waals surface area (Å²) >= 11 is 0. The van der Waals surface area contributed by atoms with Crippen LogP contribution in [0.1, 0.15) is 55.8 Å². The molecule has 0 radical (unpaired) electrons. The maximum absolute atomic E-state index is 13.3. The third-order valence-corrected chi connectivity index (χ3v) is 6.13. The molecule has 166 valence electrons. The smallest absolute Gasteiger partial charge is 0.254 e. The Morgan fingerprint density at radius 2 is 1.80 bits per heavy atom. The highest BCUT2D eigenvalue weighted by atomic mass is 16.5. The summed E-state index contributed by atoms with van der Waals surface area (Å²) in [6.45, 7) is 4.41. The second-order valence-corrected chi connectivity index (χ2v) is 8.12. The van der Waals surface area contributed by atoms with Crippen molar-refractivity contribution in [2.45, 2.75) is 57.6 Å². The Balaban J connectivity index is 1.71. The number of amides is 2. The number of ether oxygens (including phenoxy) is 3. The minimum absolute atomic E-state index is 0.00397. The Hall–Kier alpha value is -2.28. The van der Waals surface area contributed by atoms with E-state index in [-0.39, 0.29) is 24.0 Å². The number of rotatable bonds is 7. The fourth-order valence-corrected chi connectivity index (χ4v) is 4.36. The standard InChI is InChI=1S/C23H34N2O5/c1-17(26)24-13-9-20(10-14-24)30-22-16-18(7-8-21(22)29-3)23(27)25-12-5-4-6-19(25)11-15-28-2/h7-8,16,19-20H,4-6,9-15H2,1-3H3. The van der Waals surface area contributed by atoms with Crippen molar-refractivity contribution in [2.24, 2.45) is 0 Å². The first kappa shape index (κ1) is 22.4. The first-order chi connectivity index (χ1) is 14.5. The molecule has 1 aromatic carbocycles. The number of nitrogens with zero attached hydrogens (tertiary/aromatic N) is 2. The van der Waals surface area contributed by atoms with Gasteiger partial charge < -0.3 is 24.0 Å². The number of methoxy groups -OCH3 is 2. The number of benzene rings is 1. The third-order valence-electron chi connectivity index (χ3n) is 6.13. The van der Waals surface area contributed by atoms with Crippen molar-refractivity contribution in [3.8, 4) is 11.5 Å². The van der Waals surface area contributed by atoms with Crippen LogP contribution in [-0.4, -0.2) is 74.2 Å². The molecular weight excluding hydrogens is 384 g/mol. The zero-order valence-corrected chi connectivity index (χ0v) is 18.4. The fraction of sp³-hybridized carbons (Fsp3) is 0.652. The largest absolute Gasteiger partial charge is 0.493 e. The van der Waals surface area contributed by atoms with Gasteiger partial charge in [-0.05, 0) is 43.9 Å². The van der Waals surface area contributed by atoms with Crippen LogP contribution in [0.15, 0.2) is 18.2 Å². The molecule has 1 unspecified atom stereocenters. The molecule has 0 spiro atoms. The zero-order chi connectivity index (χ0) is 21.5. The Bertz CT molecular complexity index is 730. The number of hydrogen-bond donors (Lipinski definition) is 0. The maximum Gasteiger partial charge on any atom is 0.254 e. The van der Waals surface area contributed by atoms with Gasteiger partial charge in [0.05, 0.1) is 7.11 Å². The van der Waals surface area contributed by atoms with Gasteiger partial charge in [-0.15, -0.1) is 0 Å². The van der Waals surface area contributed by atoms with Crippen molar-refractivity contribution in [3.05, 3.63) is 23.8 Å². The first-order valence-corrected chi connectivity index (χ1v) is 10.9. The minimum Gasteiger partial charge on any atom is -0.493 e. The molecule has 7 nitrogen and oxygen atoms in total. The highest BCUT2D eigenvalue weighted by molar-refractivity contribution is 5.95. The Morgan fingerprint density at radius 1 is 1.03 bits per heavy atom. The second-order valence-electron chi connectivity index (χ2n) is 8.12. The summed E-state index contributed by atoms with van der Waals surface area (Å²) in [6.07, 6.45) is 5.60. The quantitative estimate of drug-likeness (QED) is 0.681. The van der Waals surface area contributed by atoms with Gasteiger partial charge in [-0.2, -0.15) is 0 Å². The van der Waals surface area contributed by atoms with E-state index >= 15 is 0 Å². The van der Waals surface area contributed by atoms with Gasteiger partial charge in [0.2, 0.25) is 5.91 Å². The summed E-state index contributed by atoms with van der Waals surface area (Å²) in [5, 5.41) is 0. The van der Waals surface area contributed by atoms with Crippen molar-refractivity contribution < 1.29 is 23.8 Å². The van der Waals surface area contributed by atoms with Crippen molar-refractivity contribution in [2.75, 3.05) is 40.5 Å². The molecule has 0 saturated carbocycles. The Kier molecular flexibility index (Phi) is 7.96. The lowest BCUT2D eigenvalue weighted by Crippen LogP contribution is -2.44. The predicted octanol–water partition coefficient (Wildman–Crippen LogP) is 3.12. The summed E-state index contributed by atoms with van der Waals surface area (Å²) in [7, 11) is 3.30. The van der Waals surface area contributed by atoms with E-state index in [1.165, 1.54) is 0 Å². The predicted molar refractivity (Wildman–Crippen MR) is 114 cm³/mol. The molecule has 0 aliphatic carbocycles. The van der Waals surface area contributed by atoms with Gasteiger partial charge in [0, 0.05) is 64.7 Å². The van der Waals surface area contributed by atoms with Crippen LogP contribution in [0.5, 0.6) is 11.5 Å². The van der Waals surface area contributed by atoms with Crippen LogP contribution in [0, 0.1) is 0 Å². The molecule has 2 aliphatic rings. The van der Waals surface area contributed by atoms with E-state index in [0.29, 0.717) is 36.8 Å². The maximum atomic E-state index is 13.3. The van der Waals surface area contributed by atoms with Crippen molar-refractivity contribution in [3.63, 3.8) is 0 Å². The molecule has 30 heavy (non-hydrogen) atoms. The van der Waals surface area contributed by atoms with E-state index in [2.05, 4.69) is 0 Å². The average Bonchev–Trinajstić information content (AvgIpc) is 2.77. The second kappa shape index (κ2) is 10.7. The number of carbonyl (C=O) groups is 2. The molecule has 2 saturated heterocycles. The average molecular weight is 419 g/mol. The third kappa shape index (κ3) is 5.45. The monoisotopic (exact) mass is 418 g/mol.